The van der Waals surface area contributed by atoms with Crippen molar-refractivity contribution < 1.29 is 18.1 Å². The smallest absolute Gasteiger partial charge is 0.267 e. The molecule has 0 aromatic heterocycles. The van der Waals surface area contributed by atoms with Gasteiger partial charge in [-0.25, -0.2) is 0 Å². The number of aliphatic hydroxyl groups is 1. The van der Waals surface area contributed by atoms with Gasteiger partial charge in [-0.15, -0.1) is 0 Å². The van der Waals surface area contributed by atoms with Crippen molar-refractivity contribution in [2.24, 2.45) is 0 Å². The molecule has 0 amide bonds. The summed E-state index contributed by atoms with van der Waals surface area (Å²) in [4.78, 5) is 0. The Hall–Kier alpha value is -0.130. The molecule has 0 fully saturated rings. The fraction of sp³-hybridized carbons (Fsp3) is 1.00. The Balaban J connectivity index is 3.50. The van der Waals surface area contributed by atoms with Crippen molar-refractivity contribution >= 4 is 10.1 Å². The van der Waals surface area contributed by atoms with Crippen LogP contribution >= 0.6 is 0 Å². The summed E-state index contributed by atoms with van der Waals surface area (Å²) in [5.41, 5.74) is 0. The fourth-order valence-corrected chi connectivity index (χ4v) is 4.17. The average molecular weight is 365 g/mol. The van der Waals surface area contributed by atoms with Gasteiger partial charge in [0.2, 0.25) is 0 Å². The van der Waals surface area contributed by atoms with Crippen LogP contribution < -0.4 is 0 Å². The lowest BCUT2D eigenvalue weighted by molar-refractivity contribution is 0.147. The summed E-state index contributed by atoms with van der Waals surface area (Å²) < 4.78 is 31.6. The topological polar surface area (TPSA) is 74.6 Å². The molecular formula is C19H40O4S. The highest BCUT2D eigenvalue weighted by molar-refractivity contribution is 7.86. The molecule has 0 aromatic carbocycles. The highest BCUT2D eigenvalue weighted by Crippen LogP contribution is 2.17. The van der Waals surface area contributed by atoms with Gasteiger partial charge >= 0.3 is 0 Å². The quantitative estimate of drug-likeness (QED) is 0.264. The van der Waals surface area contributed by atoms with Crippen LogP contribution in [0.5, 0.6) is 0 Å². The van der Waals surface area contributed by atoms with Gasteiger partial charge in [0.15, 0.2) is 0 Å². The van der Waals surface area contributed by atoms with E-state index in [9.17, 15) is 18.1 Å². The third kappa shape index (κ3) is 14.2. The number of hydrogen-bond acceptors (Lipinski definition) is 3. The Bertz CT molecular complexity index is 368. The van der Waals surface area contributed by atoms with Crippen molar-refractivity contribution in [3.63, 3.8) is 0 Å². The Morgan fingerprint density at radius 3 is 1.58 bits per heavy atom. The van der Waals surface area contributed by atoms with Gasteiger partial charge in [0, 0.05) is 0 Å². The van der Waals surface area contributed by atoms with Crippen molar-refractivity contribution in [3.8, 4) is 0 Å². The minimum absolute atomic E-state index is 0.133. The third-order valence-corrected chi connectivity index (χ3v) is 6.05. The Kier molecular flexibility index (Phi) is 15.1. The lowest BCUT2D eigenvalue weighted by Crippen LogP contribution is -2.20. The zero-order valence-corrected chi connectivity index (χ0v) is 16.7. The van der Waals surface area contributed by atoms with Crippen LogP contribution in [0.3, 0.4) is 0 Å². The van der Waals surface area contributed by atoms with Gasteiger partial charge in [-0.3, -0.25) is 4.55 Å². The molecule has 0 radical (unpaired) electrons. The van der Waals surface area contributed by atoms with Gasteiger partial charge in [0.25, 0.3) is 10.1 Å². The normalized spacial score (nSPS) is 14.7. The molecule has 0 spiro atoms. The molecule has 0 saturated carbocycles. The molecule has 2 unspecified atom stereocenters. The van der Waals surface area contributed by atoms with Gasteiger partial charge in [-0.2, -0.15) is 8.42 Å². The monoisotopic (exact) mass is 364 g/mol. The second-order valence-corrected chi connectivity index (χ2v) is 8.82. The summed E-state index contributed by atoms with van der Waals surface area (Å²) in [5, 5.41) is 9.32. The van der Waals surface area contributed by atoms with Crippen LogP contribution in [-0.4, -0.2) is 29.4 Å². The molecular weight excluding hydrogens is 324 g/mol. The molecule has 0 heterocycles. The standard InChI is InChI=1S/C19H40O4S/c1-3-5-6-11-15-18(20)16-12-9-7-8-10-13-17-19(14-4-2)24(21,22)23/h18-20H,3-17H2,1-2H3,(H,21,22,23). The Morgan fingerprint density at radius 2 is 1.12 bits per heavy atom. The van der Waals surface area contributed by atoms with Gasteiger partial charge in [0.1, 0.15) is 0 Å². The highest BCUT2D eigenvalue weighted by atomic mass is 32.2. The number of hydrogen-bond donors (Lipinski definition) is 2. The fourth-order valence-electron chi connectivity index (χ4n) is 3.17. The van der Waals surface area contributed by atoms with E-state index >= 15 is 0 Å². The van der Waals surface area contributed by atoms with E-state index in [1.165, 1.54) is 19.3 Å². The lowest BCUT2D eigenvalue weighted by atomic mass is 10.0. The summed E-state index contributed by atoms with van der Waals surface area (Å²) in [5.74, 6) is 0. The molecule has 0 aliphatic rings. The molecule has 0 aliphatic carbocycles. The number of rotatable bonds is 17. The molecule has 24 heavy (non-hydrogen) atoms. The zero-order chi connectivity index (χ0) is 18.3. The first-order chi connectivity index (χ1) is 11.4. The number of aliphatic hydroxyl groups excluding tert-OH is 1. The van der Waals surface area contributed by atoms with Crippen LogP contribution in [0.25, 0.3) is 0 Å². The average Bonchev–Trinajstić information content (AvgIpc) is 2.52. The minimum Gasteiger partial charge on any atom is -0.393 e. The van der Waals surface area contributed by atoms with Crippen LogP contribution in [0.1, 0.15) is 110 Å². The van der Waals surface area contributed by atoms with E-state index in [2.05, 4.69) is 6.92 Å². The van der Waals surface area contributed by atoms with E-state index in [0.29, 0.717) is 12.8 Å². The van der Waals surface area contributed by atoms with Crippen molar-refractivity contribution in [2.45, 2.75) is 122 Å². The predicted octanol–water partition coefficient (Wildman–Crippen LogP) is 5.50. The summed E-state index contributed by atoms with van der Waals surface area (Å²) in [6.45, 7) is 4.14. The van der Waals surface area contributed by atoms with Crippen molar-refractivity contribution in [1.29, 1.82) is 0 Å². The van der Waals surface area contributed by atoms with Crippen LogP contribution in [0.4, 0.5) is 0 Å². The largest absolute Gasteiger partial charge is 0.393 e. The minimum atomic E-state index is -3.88. The molecule has 0 bridgehead atoms. The van der Waals surface area contributed by atoms with Gasteiger partial charge in [0.05, 0.1) is 11.4 Å². The Labute approximate surface area is 150 Å². The molecule has 2 atom stereocenters. The number of unbranched alkanes of at least 4 members (excludes halogenated alkanes) is 8. The summed E-state index contributed by atoms with van der Waals surface area (Å²) >= 11 is 0. The SMILES string of the molecule is CCCCCCC(O)CCCCCCCCC(CCC)S(=O)(=O)O. The summed E-state index contributed by atoms with van der Waals surface area (Å²) in [7, 11) is -3.88. The molecule has 0 aromatic rings. The Morgan fingerprint density at radius 1 is 0.667 bits per heavy atom. The maximum Gasteiger partial charge on any atom is 0.267 e. The maximum atomic E-state index is 11.2. The second-order valence-electron chi connectivity index (χ2n) is 7.13. The first kappa shape index (κ1) is 23.9. The highest BCUT2D eigenvalue weighted by Gasteiger charge is 2.20. The zero-order valence-electron chi connectivity index (χ0n) is 15.9. The van der Waals surface area contributed by atoms with E-state index in [4.69, 9.17) is 0 Å². The van der Waals surface area contributed by atoms with Crippen molar-refractivity contribution in [2.75, 3.05) is 0 Å². The molecule has 146 valence electrons. The van der Waals surface area contributed by atoms with Crippen LogP contribution in [-0.2, 0) is 10.1 Å². The molecule has 0 aliphatic heterocycles. The van der Waals surface area contributed by atoms with Gasteiger partial charge in [-0.05, 0) is 25.7 Å². The van der Waals surface area contributed by atoms with E-state index < -0.39 is 15.4 Å². The predicted molar refractivity (Wildman–Crippen MR) is 102 cm³/mol. The molecule has 0 rings (SSSR count). The molecule has 0 saturated heterocycles. The van der Waals surface area contributed by atoms with Crippen molar-refractivity contribution in [1.82, 2.24) is 0 Å². The molecule has 4 nitrogen and oxygen atoms in total. The van der Waals surface area contributed by atoms with E-state index in [1.54, 1.807) is 0 Å². The van der Waals surface area contributed by atoms with E-state index in [-0.39, 0.29) is 6.10 Å². The first-order valence-electron chi connectivity index (χ1n) is 10.1. The van der Waals surface area contributed by atoms with Crippen LogP contribution in [0.15, 0.2) is 0 Å². The van der Waals surface area contributed by atoms with Crippen LogP contribution in [0.2, 0.25) is 0 Å². The summed E-state index contributed by atoms with van der Waals surface area (Å²) in [6.07, 6.45) is 14.9. The van der Waals surface area contributed by atoms with Gasteiger partial charge in [-0.1, -0.05) is 84.5 Å². The van der Waals surface area contributed by atoms with Crippen molar-refractivity contribution in [3.05, 3.63) is 0 Å². The second kappa shape index (κ2) is 15.2. The van der Waals surface area contributed by atoms with Gasteiger partial charge < -0.3 is 5.11 Å². The molecule has 2 N–H and O–H groups in total. The maximum absolute atomic E-state index is 11.2. The molecule has 5 heteroatoms. The third-order valence-electron chi connectivity index (χ3n) is 4.74. The first-order valence-corrected chi connectivity index (χ1v) is 11.6. The van der Waals surface area contributed by atoms with E-state index in [0.717, 1.165) is 64.2 Å². The summed E-state index contributed by atoms with van der Waals surface area (Å²) in [6, 6.07) is 0. The van der Waals surface area contributed by atoms with E-state index in [1.807, 2.05) is 6.92 Å². The van der Waals surface area contributed by atoms with Crippen LogP contribution in [0, 0.1) is 0 Å². The lowest BCUT2D eigenvalue weighted by Gasteiger charge is -2.12.